The summed E-state index contributed by atoms with van der Waals surface area (Å²) in [7, 11) is 1.64. The van der Waals surface area contributed by atoms with Crippen LogP contribution >= 0.6 is 11.3 Å². The molecule has 0 fully saturated rings. The maximum atomic E-state index is 12.9. The van der Waals surface area contributed by atoms with Gasteiger partial charge in [0.05, 0.1) is 18.6 Å². The van der Waals surface area contributed by atoms with E-state index in [9.17, 15) is 4.79 Å². The Labute approximate surface area is 239 Å². The lowest BCUT2D eigenvalue weighted by atomic mass is 10.1. The predicted molar refractivity (Wildman–Crippen MR) is 162 cm³/mol. The van der Waals surface area contributed by atoms with Crippen molar-refractivity contribution in [2.45, 2.75) is 97.4 Å². The highest BCUT2D eigenvalue weighted by Gasteiger charge is 2.11. The Bertz CT molecular complexity index is 1110. The molecule has 5 nitrogen and oxygen atoms in total. The standard InChI is InChI=1S/C33H46N2O3S/c1-4-5-6-7-8-9-10-11-12-13-14-15-22-38-32-23-30(20-21-31(32)37-3)34-33(36)29-18-16-28(17-19-29)25-35-24-27(2)39-26-35/h16-21,23-24,26H,4-15,22,25H2,1-3H3/p+1. The fourth-order valence-electron chi connectivity index (χ4n) is 4.70. The molecule has 3 aromatic rings. The van der Waals surface area contributed by atoms with Gasteiger partial charge in [-0.2, -0.15) is 4.57 Å². The number of thiazole rings is 1. The number of aryl methyl sites for hydroxylation is 1. The summed E-state index contributed by atoms with van der Waals surface area (Å²) >= 11 is 1.73. The number of benzene rings is 2. The van der Waals surface area contributed by atoms with Gasteiger partial charge >= 0.3 is 0 Å². The summed E-state index contributed by atoms with van der Waals surface area (Å²) < 4.78 is 13.7. The Kier molecular flexibility index (Phi) is 13.9. The fraction of sp³-hybridized carbons (Fsp3) is 0.515. The van der Waals surface area contributed by atoms with E-state index >= 15 is 0 Å². The van der Waals surface area contributed by atoms with E-state index in [2.05, 4.69) is 35.4 Å². The summed E-state index contributed by atoms with van der Waals surface area (Å²) in [5.41, 5.74) is 4.59. The third-order valence-electron chi connectivity index (χ3n) is 6.98. The minimum Gasteiger partial charge on any atom is -0.493 e. The van der Waals surface area contributed by atoms with Crippen molar-refractivity contribution in [1.29, 1.82) is 0 Å². The van der Waals surface area contributed by atoms with E-state index in [4.69, 9.17) is 9.47 Å². The lowest BCUT2D eigenvalue weighted by Crippen LogP contribution is -2.30. The molecular formula is C33H47N2O3S+. The third kappa shape index (κ3) is 11.4. The van der Waals surface area contributed by atoms with Gasteiger partial charge in [-0.3, -0.25) is 4.79 Å². The van der Waals surface area contributed by atoms with Crippen LogP contribution in [0.2, 0.25) is 0 Å². The molecule has 1 aromatic heterocycles. The van der Waals surface area contributed by atoms with E-state index in [1.807, 2.05) is 42.5 Å². The SMILES string of the molecule is CCCCCCCCCCCCCCOc1cc(NC(=O)c2ccc(C[n+]3csc(C)c3)cc2)ccc1OC. The summed E-state index contributed by atoms with van der Waals surface area (Å²) in [4.78, 5) is 14.1. The second-order valence-corrected chi connectivity index (χ2v) is 11.5. The van der Waals surface area contributed by atoms with Gasteiger partial charge in [0.15, 0.2) is 24.2 Å². The number of rotatable bonds is 19. The second-order valence-electron chi connectivity index (χ2n) is 10.4. The first-order valence-electron chi connectivity index (χ1n) is 14.7. The number of nitrogens with one attached hydrogen (secondary N) is 1. The van der Waals surface area contributed by atoms with Crippen molar-refractivity contribution >= 4 is 22.9 Å². The van der Waals surface area contributed by atoms with Crippen molar-refractivity contribution in [1.82, 2.24) is 0 Å². The number of ether oxygens (including phenoxy) is 2. The van der Waals surface area contributed by atoms with Gasteiger partial charge in [-0.05, 0) is 37.6 Å². The van der Waals surface area contributed by atoms with Crippen LogP contribution in [0.3, 0.4) is 0 Å². The van der Waals surface area contributed by atoms with Crippen molar-refractivity contribution in [2.75, 3.05) is 19.0 Å². The average Bonchev–Trinajstić information content (AvgIpc) is 3.36. The topological polar surface area (TPSA) is 51.4 Å². The first-order chi connectivity index (χ1) is 19.1. The molecule has 0 atom stereocenters. The Morgan fingerprint density at radius 2 is 1.49 bits per heavy atom. The van der Waals surface area contributed by atoms with Crippen molar-refractivity contribution < 1.29 is 18.8 Å². The molecule has 0 saturated heterocycles. The first-order valence-corrected chi connectivity index (χ1v) is 15.6. The van der Waals surface area contributed by atoms with Gasteiger partial charge in [-0.25, -0.2) is 0 Å². The smallest absolute Gasteiger partial charge is 0.255 e. The van der Waals surface area contributed by atoms with E-state index in [-0.39, 0.29) is 5.91 Å². The maximum absolute atomic E-state index is 12.9. The van der Waals surface area contributed by atoms with Gasteiger partial charge in [-0.15, -0.1) is 0 Å². The van der Waals surface area contributed by atoms with Gasteiger partial charge in [0, 0.05) is 22.9 Å². The second kappa shape index (κ2) is 17.7. The van der Waals surface area contributed by atoms with Crippen LogP contribution in [0.25, 0.3) is 0 Å². The zero-order chi connectivity index (χ0) is 27.7. The van der Waals surface area contributed by atoms with Gasteiger partial charge in [-0.1, -0.05) is 101 Å². The summed E-state index contributed by atoms with van der Waals surface area (Å²) in [6, 6.07) is 13.3. The van der Waals surface area contributed by atoms with Crippen LogP contribution in [0.1, 0.15) is 105 Å². The van der Waals surface area contributed by atoms with Crippen LogP contribution in [0.4, 0.5) is 5.69 Å². The van der Waals surface area contributed by atoms with Gasteiger partial charge in [0.25, 0.3) is 5.91 Å². The van der Waals surface area contributed by atoms with Gasteiger partial charge in [0.1, 0.15) is 0 Å². The number of methoxy groups -OCH3 is 1. The minimum absolute atomic E-state index is 0.141. The van der Waals surface area contributed by atoms with Crippen LogP contribution in [0.5, 0.6) is 11.5 Å². The molecule has 0 aliphatic heterocycles. The number of amides is 1. The molecule has 39 heavy (non-hydrogen) atoms. The number of nitrogens with zero attached hydrogens (tertiary/aromatic N) is 1. The number of carbonyl (C=O) groups excluding carboxylic acids is 1. The number of hydrogen-bond donors (Lipinski definition) is 1. The highest BCUT2D eigenvalue weighted by molar-refractivity contribution is 7.09. The maximum Gasteiger partial charge on any atom is 0.255 e. The van der Waals surface area contributed by atoms with Crippen molar-refractivity contribution in [3.63, 3.8) is 0 Å². The van der Waals surface area contributed by atoms with Crippen molar-refractivity contribution in [3.8, 4) is 11.5 Å². The van der Waals surface area contributed by atoms with Crippen LogP contribution in [-0.2, 0) is 6.54 Å². The molecule has 0 spiro atoms. The van der Waals surface area contributed by atoms with E-state index in [0.29, 0.717) is 29.4 Å². The van der Waals surface area contributed by atoms with Gasteiger partial charge in [0.2, 0.25) is 5.51 Å². The Morgan fingerprint density at radius 3 is 2.08 bits per heavy atom. The molecule has 212 valence electrons. The van der Waals surface area contributed by atoms with E-state index in [1.165, 1.54) is 75.5 Å². The minimum atomic E-state index is -0.141. The lowest BCUT2D eigenvalue weighted by molar-refractivity contribution is -0.683. The first kappa shape index (κ1) is 30.7. The van der Waals surface area contributed by atoms with E-state index < -0.39 is 0 Å². The molecule has 0 aliphatic rings. The normalized spacial score (nSPS) is 10.9. The molecule has 2 aromatic carbocycles. The summed E-state index contributed by atoms with van der Waals surface area (Å²) in [5.74, 6) is 1.20. The molecule has 0 aliphatic carbocycles. The number of aromatic nitrogens is 1. The average molecular weight is 552 g/mol. The van der Waals surface area contributed by atoms with Crippen LogP contribution in [0.15, 0.2) is 54.2 Å². The van der Waals surface area contributed by atoms with Gasteiger partial charge < -0.3 is 14.8 Å². The molecule has 1 N–H and O–H groups in total. The number of unbranched alkanes of at least 4 members (excludes halogenated alkanes) is 11. The molecule has 0 unspecified atom stereocenters. The highest BCUT2D eigenvalue weighted by atomic mass is 32.1. The number of hydrogen-bond acceptors (Lipinski definition) is 4. The third-order valence-corrected chi connectivity index (χ3v) is 7.83. The molecule has 0 bridgehead atoms. The number of anilines is 1. The largest absolute Gasteiger partial charge is 0.493 e. The Hall–Kier alpha value is -2.86. The Morgan fingerprint density at radius 1 is 0.846 bits per heavy atom. The highest BCUT2D eigenvalue weighted by Crippen LogP contribution is 2.30. The monoisotopic (exact) mass is 551 g/mol. The lowest BCUT2D eigenvalue weighted by Gasteiger charge is -2.13. The fourth-order valence-corrected chi connectivity index (χ4v) is 5.33. The molecular weight excluding hydrogens is 504 g/mol. The molecule has 1 heterocycles. The quantitative estimate of drug-likeness (QED) is 0.120. The van der Waals surface area contributed by atoms with Crippen LogP contribution in [-0.4, -0.2) is 19.6 Å². The van der Waals surface area contributed by atoms with Crippen molar-refractivity contribution in [2.24, 2.45) is 0 Å². The number of carbonyl (C=O) groups is 1. The van der Waals surface area contributed by atoms with Crippen LogP contribution in [0, 0.1) is 6.92 Å². The van der Waals surface area contributed by atoms with E-state index in [1.54, 1.807) is 18.4 Å². The summed E-state index contributed by atoms with van der Waals surface area (Å²) in [6.45, 7) is 5.82. The zero-order valence-electron chi connectivity index (χ0n) is 24.2. The predicted octanol–water partition coefficient (Wildman–Crippen LogP) is 8.73. The summed E-state index contributed by atoms with van der Waals surface area (Å²) in [5, 5.41) is 2.99. The summed E-state index contributed by atoms with van der Waals surface area (Å²) in [6.07, 6.45) is 17.9. The molecule has 0 radical (unpaired) electrons. The molecule has 0 saturated carbocycles. The zero-order valence-corrected chi connectivity index (χ0v) is 25.0. The van der Waals surface area contributed by atoms with E-state index in [0.717, 1.165) is 18.5 Å². The van der Waals surface area contributed by atoms with Crippen molar-refractivity contribution in [3.05, 3.63) is 70.2 Å². The Balaban J connectivity index is 1.37. The molecule has 1 amide bonds. The molecule has 6 heteroatoms. The van der Waals surface area contributed by atoms with Crippen LogP contribution < -0.4 is 19.4 Å². The molecule has 3 rings (SSSR count).